The third-order valence-electron chi connectivity index (χ3n) is 7.49. The second kappa shape index (κ2) is 19.0. The van der Waals surface area contributed by atoms with Crippen LogP contribution in [0.4, 0.5) is 0 Å². The third kappa shape index (κ3) is 12.2. The molecular formula is C35H45ClO8. The van der Waals surface area contributed by atoms with Crippen LogP contribution in [0.1, 0.15) is 63.0 Å². The predicted octanol–water partition coefficient (Wildman–Crippen LogP) is 7.46. The molecule has 1 saturated carbocycles. The summed E-state index contributed by atoms with van der Waals surface area (Å²) in [6, 6.07) is 11.0. The number of carbonyl (C=O) groups is 2. The van der Waals surface area contributed by atoms with Crippen molar-refractivity contribution < 1.29 is 38.4 Å². The highest BCUT2D eigenvalue weighted by Crippen LogP contribution is 2.36. The minimum Gasteiger partial charge on any atom is -0.493 e. The van der Waals surface area contributed by atoms with E-state index in [0.29, 0.717) is 47.7 Å². The van der Waals surface area contributed by atoms with Gasteiger partial charge >= 0.3 is 5.97 Å². The molecule has 2 aromatic carbocycles. The Hall–Kier alpha value is -3.49. The molecule has 1 aliphatic carbocycles. The number of benzene rings is 2. The molecule has 0 aromatic heterocycles. The van der Waals surface area contributed by atoms with Crippen molar-refractivity contribution in [2.75, 3.05) is 39.9 Å². The van der Waals surface area contributed by atoms with Gasteiger partial charge in [0.25, 0.3) is 0 Å². The van der Waals surface area contributed by atoms with Gasteiger partial charge in [0.15, 0.2) is 28.8 Å². The number of carboxylic acids is 1. The number of aliphatic carboxylic acids is 1. The summed E-state index contributed by atoms with van der Waals surface area (Å²) < 4.78 is 30.0. The third-order valence-corrected chi connectivity index (χ3v) is 7.76. The van der Waals surface area contributed by atoms with Gasteiger partial charge in [0.05, 0.1) is 33.5 Å². The minimum atomic E-state index is -1.01. The Bertz CT molecular complexity index is 1170. The lowest BCUT2D eigenvalue weighted by atomic mass is 9.80. The summed E-state index contributed by atoms with van der Waals surface area (Å²) in [7, 11) is 3.17. The van der Waals surface area contributed by atoms with Crippen molar-refractivity contribution in [3.63, 3.8) is 0 Å². The lowest BCUT2D eigenvalue weighted by Crippen LogP contribution is -2.34. The number of rotatable bonds is 19. The quantitative estimate of drug-likeness (QED) is 0.0972. The molecule has 0 bridgehead atoms. The molecule has 44 heavy (non-hydrogen) atoms. The SMILES string of the molecule is COc1cc(/C=C/C(C)=O)ccc1OCC1CC(COc2ccc(/C=C/C(=O)O)cc2OC)CC(OCCCCCCCl)C1. The van der Waals surface area contributed by atoms with Crippen LogP contribution >= 0.6 is 11.6 Å². The molecule has 1 fully saturated rings. The lowest BCUT2D eigenvalue weighted by Gasteiger charge is -2.35. The molecule has 8 nitrogen and oxygen atoms in total. The summed E-state index contributed by atoms with van der Waals surface area (Å²) in [6.45, 7) is 3.24. The zero-order valence-corrected chi connectivity index (χ0v) is 26.7. The van der Waals surface area contributed by atoms with Gasteiger partial charge < -0.3 is 28.8 Å². The van der Waals surface area contributed by atoms with Crippen molar-refractivity contribution in [1.29, 1.82) is 0 Å². The Kier molecular flexibility index (Phi) is 15.1. The Morgan fingerprint density at radius 3 is 1.84 bits per heavy atom. The second-order valence-corrected chi connectivity index (χ2v) is 11.5. The maximum absolute atomic E-state index is 11.3. The van der Waals surface area contributed by atoms with Crippen LogP contribution in [0.15, 0.2) is 48.6 Å². The van der Waals surface area contributed by atoms with E-state index in [4.69, 9.17) is 40.4 Å². The van der Waals surface area contributed by atoms with Gasteiger partial charge in [-0.2, -0.15) is 0 Å². The minimum absolute atomic E-state index is 0.0180. The van der Waals surface area contributed by atoms with E-state index >= 15 is 0 Å². The number of halogens is 1. The van der Waals surface area contributed by atoms with Crippen LogP contribution in [0, 0.1) is 11.8 Å². The standard InChI is InChI=1S/C35H45ClO8/c1-25(37)8-9-26-10-13-31(33(21-26)40-2)43-23-28-18-29(20-30(19-28)42-17-7-5-4-6-16-36)24-44-32-14-11-27(12-15-35(38)39)22-34(32)41-3/h8-15,21-22,28-30H,4-7,16-20,23-24H2,1-3H3,(H,38,39)/b9-8+,15-12+. The van der Waals surface area contributed by atoms with Crippen LogP contribution in [0.25, 0.3) is 12.2 Å². The van der Waals surface area contributed by atoms with Gasteiger partial charge in [-0.25, -0.2) is 4.79 Å². The molecule has 0 spiro atoms. The molecule has 3 atom stereocenters. The van der Waals surface area contributed by atoms with E-state index in [1.165, 1.54) is 19.1 Å². The first kappa shape index (κ1) is 35.0. The van der Waals surface area contributed by atoms with E-state index in [1.54, 1.807) is 38.5 Å². The van der Waals surface area contributed by atoms with Crippen LogP contribution in [-0.4, -0.2) is 62.9 Å². The van der Waals surface area contributed by atoms with Crippen molar-refractivity contribution in [2.24, 2.45) is 11.8 Å². The van der Waals surface area contributed by atoms with Gasteiger partial charge in [-0.05, 0) is 98.4 Å². The smallest absolute Gasteiger partial charge is 0.328 e. The average Bonchev–Trinajstić information content (AvgIpc) is 3.02. The first-order valence-electron chi connectivity index (χ1n) is 15.2. The maximum Gasteiger partial charge on any atom is 0.328 e. The fraction of sp³-hybridized carbons (Fsp3) is 0.486. The first-order chi connectivity index (χ1) is 21.3. The first-order valence-corrected chi connectivity index (χ1v) is 15.7. The number of carbonyl (C=O) groups excluding carboxylic acids is 1. The molecule has 0 amide bonds. The van der Waals surface area contributed by atoms with E-state index in [-0.39, 0.29) is 23.7 Å². The van der Waals surface area contributed by atoms with Crippen molar-refractivity contribution in [2.45, 2.75) is 58.0 Å². The molecular weight excluding hydrogens is 584 g/mol. The Labute approximate surface area is 265 Å². The highest BCUT2D eigenvalue weighted by Gasteiger charge is 2.31. The number of ketones is 1. The number of unbranched alkanes of at least 4 members (excludes halogenated alkanes) is 3. The van der Waals surface area contributed by atoms with Gasteiger partial charge in [0.2, 0.25) is 0 Å². The summed E-state index contributed by atoms with van der Waals surface area (Å²) in [5.74, 6) is 2.60. The molecule has 0 saturated heterocycles. The van der Waals surface area contributed by atoms with Crippen LogP contribution in [0.2, 0.25) is 0 Å². The van der Waals surface area contributed by atoms with E-state index in [0.717, 1.165) is 63.2 Å². The van der Waals surface area contributed by atoms with Crippen LogP contribution in [0.3, 0.4) is 0 Å². The normalized spacial score (nSPS) is 18.4. The van der Waals surface area contributed by atoms with Gasteiger partial charge in [-0.15, -0.1) is 11.6 Å². The Morgan fingerprint density at radius 2 is 1.34 bits per heavy atom. The fourth-order valence-corrected chi connectivity index (χ4v) is 5.51. The Morgan fingerprint density at radius 1 is 0.795 bits per heavy atom. The summed E-state index contributed by atoms with van der Waals surface area (Å²) >= 11 is 5.81. The molecule has 0 radical (unpaired) electrons. The average molecular weight is 629 g/mol. The van der Waals surface area contributed by atoms with Gasteiger partial charge in [0.1, 0.15) is 0 Å². The number of carboxylic acid groups (broad SMARTS) is 1. The summed E-state index contributed by atoms with van der Waals surface area (Å²) in [6.07, 6.45) is 13.0. The number of hydrogen-bond donors (Lipinski definition) is 1. The summed E-state index contributed by atoms with van der Waals surface area (Å²) in [4.78, 5) is 22.2. The monoisotopic (exact) mass is 628 g/mol. The van der Waals surface area contributed by atoms with Crippen LogP contribution in [0.5, 0.6) is 23.0 Å². The predicted molar refractivity (Wildman–Crippen MR) is 173 cm³/mol. The topological polar surface area (TPSA) is 101 Å². The molecule has 240 valence electrons. The van der Waals surface area contributed by atoms with Crippen LogP contribution < -0.4 is 18.9 Å². The Balaban J connectivity index is 1.65. The molecule has 9 heteroatoms. The molecule has 1 aliphatic rings. The van der Waals surface area contributed by atoms with E-state index < -0.39 is 5.97 Å². The van der Waals surface area contributed by atoms with Gasteiger partial charge in [0, 0.05) is 18.6 Å². The summed E-state index contributed by atoms with van der Waals surface area (Å²) in [5, 5.41) is 8.92. The zero-order valence-electron chi connectivity index (χ0n) is 26.0. The molecule has 0 aliphatic heterocycles. The number of methoxy groups -OCH3 is 2. The van der Waals surface area contributed by atoms with E-state index in [2.05, 4.69) is 0 Å². The molecule has 1 N–H and O–H groups in total. The zero-order chi connectivity index (χ0) is 31.7. The molecule has 3 unspecified atom stereocenters. The number of hydrogen-bond acceptors (Lipinski definition) is 7. The number of ether oxygens (including phenoxy) is 5. The van der Waals surface area contributed by atoms with Crippen LogP contribution in [-0.2, 0) is 14.3 Å². The number of alkyl halides is 1. The molecule has 0 heterocycles. The van der Waals surface area contributed by atoms with Crippen molar-refractivity contribution >= 4 is 35.5 Å². The largest absolute Gasteiger partial charge is 0.493 e. The van der Waals surface area contributed by atoms with Gasteiger partial charge in [-0.3, -0.25) is 4.79 Å². The maximum atomic E-state index is 11.3. The summed E-state index contributed by atoms with van der Waals surface area (Å²) in [5.41, 5.74) is 1.57. The lowest BCUT2D eigenvalue weighted by molar-refractivity contribution is -0.131. The molecule has 2 aromatic rings. The second-order valence-electron chi connectivity index (χ2n) is 11.1. The number of allylic oxidation sites excluding steroid dienone is 1. The molecule has 3 rings (SSSR count). The van der Waals surface area contributed by atoms with E-state index in [9.17, 15) is 9.59 Å². The fourth-order valence-electron chi connectivity index (χ4n) is 5.32. The highest BCUT2D eigenvalue weighted by molar-refractivity contribution is 6.17. The van der Waals surface area contributed by atoms with Crippen molar-refractivity contribution in [3.8, 4) is 23.0 Å². The van der Waals surface area contributed by atoms with E-state index in [1.807, 2.05) is 18.2 Å². The van der Waals surface area contributed by atoms with Crippen molar-refractivity contribution in [3.05, 3.63) is 59.7 Å². The van der Waals surface area contributed by atoms with Crippen molar-refractivity contribution in [1.82, 2.24) is 0 Å². The highest BCUT2D eigenvalue weighted by atomic mass is 35.5. The van der Waals surface area contributed by atoms with Gasteiger partial charge in [-0.1, -0.05) is 31.1 Å².